The Hall–Kier alpha value is -6.63. The molecular weight excluding hydrogens is 909 g/mol. The van der Waals surface area contributed by atoms with Crippen LogP contribution < -0.4 is 36.4 Å². The largest absolute Gasteiger partial charge is 0.390 e. The smallest absolute Gasteiger partial charge is 0.225 e. The number of amides is 1. The van der Waals surface area contributed by atoms with Crippen LogP contribution in [0.1, 0.15) is 48.0 Å². The highest BCUT2D eigenvalue weighted by Gasteiger charge is 2.31. The molecule has 380 valence electrons. The van der Waals surface area contributed by atoms with Crippen molar-refractivity contribution >= 4 is 63.7 Å². The van der Waals surface area contributed by atoms with E-state index in [0.29, 0.717) is 94.7 Å². The highest BCUT2D eigenvalue weighted by Crippen LogP contribution is 2.34. The zero-order chi connectivity index (χ0) is 49.8. The van der Waals surface area contributed by atoms with Crippen molar-refractivity contribution in [3.8, 4) is 22.8 Å². The Morgan fingerprint density at radius 3 is 1.41 bits per heavy atom. The highest BCUT2D eigenvalue weighted by molar-refractivity contribution is 5.89. The van der Waals surface area contributed by atoms with E-state index in [1.807, 2.05) is 4.90 Å². The highest BCUT2D eigenvalue weighted by atomic mass is 16.5. The summed E-state index contributed by atoms with van der Waals surface area (Å²) >= 11 is 0. The lowest BCUT2D eigenvalue weighted by Gasteiger charge is -2.36. The molecule has 0 radical (unpaired) electrons. The predicted molar refractivity (Wildman–Crippen MR) is 272 cm³/mol. The number of imidazole rings is 2. The van der Waals surface area contributed by atoms with Gasteiger partial charge in [-0.3, -0.25) is 13.9 Å². The van der Waals surface area contributed by atoms with Gasteiger partial charge in [-0.05, 0) is 25.7 Å². The molecule has 6 N–H and O–H groups in total. The van der Waals surface area contributed by atoms with Gasteiger partial charge in [-0.15, -0.1) is 0 Å². The van der Waals surface area contributed by atoms with E-state index in [4.69, 9.17) is 50.8 Å². The van der Waals surface area contributed by atoms with Gasteiger partial charge in [-0.25, -0.2) is 49.8 Å². The molecule has 0 atom stereocenters. The van der Waals surface area contributed by atoms with Gasteiger partial charge in [0.05, 0.1) is 49.6 Å². The first-order valence-electron chi connectivity index (χ1n) is 24.8. The Morgan fingerprint density at radius 2 is 1.01 bits per heavy atom. The quantitative estimate of drug-likeness (QED) is 0.136. The number of ether oxygens (including phenoxy) is 2. The van der Waals surface area contributed by atoms with E-state index in [2.05, 4.69) is 81.7 Å². The minimum Gasteiger partial charge on any atom is -0.390 e. The second kappa shape index (κ2) is 21.4. The van der Waals surface area contributed by atoms with E-state index in [9.17, 15) is 9.90 Å². The number of nitrogens with two attached hydrogens (primary N) is 2. The molecule has 6 aromatic rings. The minimum absolute atomic E-state index is 0.0336. The number of hydrogen-bond donors (Lipinski definition) is 4. The first kappa shape index (κ1) is 49.4. The summed E-state index contributed by atoms with van der Waals surface area (Å²) in [4.78, 5) is 70.1. The van der Waals surface area contributed by atoms with Crippen LogP contribution in [0.2, 0.25) is 0 Å². The van der Waals surface area contributed by atoms with Crippen LogP contribution in [0.25, 0.3) is 45.1 Å². The van der Waals surface area contributed by atoms with E-state index in [0.717, 1.165) is 104 Å². The van der Waals surface area contributed by atoms with Crippen molar-refractivity contribution in [2.24, 2.45) is 11.8 Å². The molecule has 24 nitrogen and oxygen atoms in total. The molecule has 0 aromatic carbocycles. The van der Waals surface area contributed by atoms with Crippen LogP contribution >= 0.6 is 0 Å². The summed E-state index contributed by atoms with van der Waals surface area (Å²) in [5, 5.41) is 13.5. The van der Waals surface area contributed by atoms with Crippen molar-refractivity contribution in [1.82, 2.24) is 69.2 Å². The molecule has 0 bridgehead atoms. The van der Waals surface area contributed by atoms with E-state index in [1.165, 1.54) is 0 Å². The standard InChI is InChI=1S/C26H38N10O3.C21H30N10O/c1-17(2)16-36-23-20(30-25(36)35-7-5-33(6-8-35)19(37)13-26(3,4)38)22(34-9-11-39-12-10-34)31-21(32-23)18-14-28-24(27)29-15-18;1-14(2)13-31-19-16(26-21(31)30-5-3-23-4-6-30)18(29-7-9-32-10-8-29)27-17(28-19)15-11-24-20(22)25-12-15/h14-15,17,38H,5-13,16H2,1-4H3,(H2,27,28,29);11-12,14,23H,3-10,13H2,1-2H3,(H2,22,24,25). The molecular formula is C47H68N20O4. The predicted octanol–water partition coefficient (Wildman–Crippen LogP) is 1.94. The van der Waals surface area contributed by atoms with Gasteiger partial charge >= 0.3 is 0 Å². The summed E-state index contributed by atoms with van der Waals surface area (Å²) in [6.45, 7) is 25.3. The van der Waals surface area contributed by atoms with E-state index >= 15 is 0 Å². The molecule has 0 saturated carbocycles. The third kappa shape index (κ3) is 11.5. The summed E-state index contributed by atoms with van der Waals surface area (Å²) in [6, 6.07) is 0. The third-order valence-corrected chi connectivity index (χ3v) is 12.6. The summed E-state index contributed by atoms with van der Waals surface area (Å²) in [5.41, 5.74) is 15.0. The normalized spacial score (nSPS) is 17.2. The first-order chi connectivity index (χ1) is 34.2. The van der Waals surface area contributed by atoms with Gasteiger partial charge in [0, 0.05) is 116 Å². The van der Waals surface area contributed by atoms with Gasteiger partial charge < -0.3 is 55.9 Å². The number of anilines is 6. The number of nitrogens with one attached hydrogen (secondary N) is 1. The summed E-state index contributed by atoms with van der Waals surface area (Å²) in [5.74, 6) is 5.66. The van der Waals surface area contributed by atoms with Gasteiger partial charge in [0.1, 0.15) is 0 Å². The number of aliphatic hydroxyl groups is 1. The number of rotatable bonds is 12. The number of carbonyl (C=O) groups excluding carboxylic acids is 1. The van der Waals surface area contributed by atoms with Crippen molar-refractivity contribution < 1.29 is 19.4 Å². The fourth-order valence-electron chi connectivity index (χ4n) is 9.16. The Kier molecular flexibility index (Phi) is 14.9. The van der Waals surface area contributed by atoms with Crippen molar-refractivity contribution in [2.75, 3.05) is 136 Å². The van der Waals surface area contributed by atoms with Gasteiger partial charge in [-0.1, -0.05) is 27.7 Å². The second-order valence-corrected chi connectivity index (χ2v) is 19.9. The molecule has 0 spiro atoms. The molecule has 4 aliphatic heterocycles. The number of carbonyl (C=O) groups is 1. The molecule has 71 heavy (non-hydrogen) atoms. The average molecular weight is 977 g/mol. The molecule has 0 aliphatic carbocycles. The molecule has 4 aliphatic rings. The second-order valence-electron chi connectivity index (χ2n) is 19.9. The maximum Gasteiger partial charge on any atom is 0.225 e. The number of piperazine rings is 2. The van der Waals surface area contributed by atoms with E-state index in [-0.39, 0.29) is 24.2 Å². The lowest BCUT2D eigenvalue weighted by atomic mass is 10.0. The van der Waals surface area contributed by atoms with Crippen molar-refractivity contribution in [3.05, 3.63) is 24.8 Å². The minimum atomic E-state index is -1.03. The number of morpholine rings is 2. The van der Waals surface area contributed by atoms with E-state index in [1.54, 1.807) is 38.6 Å². The molecule has 24 heteroatoms. The maximum atomic E-state index is 12.7. The summed E-state index contributed by atoms with van der Waals surface area (Å²) in [7, 11) is 0. The van der Waals surface area contributed by atoms with Crippen molar-refractivity contribution in [3.63, 3.8) is 0 Å². The van der Waals surface area contributed by atoms with Gasteiger partial charge in [0.25, 0.3) is 0 Å². The van der Waals surface area contributed by atoms with Crippen molar-refractivity contribution in [2.45, 2.75) is 66.7 Å². The summed E-state index contributed by atoms with van der Waals surface area (Å²) < 4.78 is 15.6. The molecule has 1 amide bonds. The van der Waals surface area contributed by atoms with E-state index < -0.39 is 5.60 Å². The zero-order valence-electron chi connectivity index (χ0n) is 41.8. The van der Waals surface area contributed by atoms with Gasteiger partial charge in [0.2, 0.25) is 29.7 Å². The van der Waals surface area contributed by atoms with Crippen LogP contribution in [-0.4, -0.2) is 185 Å². The average Bonchev–Trinajstić information content (AvgIpc) is 3.91. The van der Waals surface area contributed by atoms with Crippen LogP contribution in [0.3, 0.4) is 0 Å². The molecule has 6 aromatic heterocycles. The Morgan fingerprint density at radius 1 is 0.606 bits per heavy atom. The molecule has 4 fully saturated rings. The number of nitrogen functional groups attached to an aromatic ring is 2. The lowest BCUT2D eigenvalue weighted by molar-refractivity contribution is -0.135. The van der Waals surface area contributed by atoms with Crippen LogP contribution in [0.15, 0.2) is 24.8 Å². The first-order valence-corrected chi connectivity index (χ1v) is 24.8. The Balaban J connectivity index is 0.000000179. The molecule has 10 heterocycles. The number of hydrogen-bond acceptors (Lipinski definition) is 21. The third-order valence-electron chi connectivity index (χ3n) is 12.6. The van der Waals surface area contributed by atoms with Gasteiger partial charge in [-0.2, -0.15) is 0 Å². The van der Waals surface area contributed by atoms with Crippen LogP contribution in [-0.2, 0) is 27.4 Å². The molecule has 4 saturated heterocycles. The van der Waals surface area contributed by atoms with Crippen LogP contribution in [0, 0.1) is 11.8 Å². The fraction of sp³-hybridized carbons (Fsp3) is 0.596. The molecule has 0 unspecified atom stereocenters. The fourth-order valence-corrected chi connectivity index (χ4v) is 9.16. The topological polar surface area (TPSA) is 275 Å². The summed E-state index contributed by atoms with van der Waals surface area (Å²) in [6.07, 6.45) is 6.73. The van der Waals surface area contributed by atoms with Crippen LogP contribution in [0.5, 0.6) is 0 Å². The zero-order valence-corrected chi connectivity index (χ0v) is 41.8. The monoisotopic (exact) mass is 977 g/mol. The maximum absolute atomic E-state index is 12.7. The Labute approximate surface area is 413 Å². The number of fused-ring (bicyclic) bond motifs is 2. The number of aromatic nitrogens is 12. The molecule has 10 rings (SSSR count). The SMILES string of the molecule is CC(C)Cn1c(N2CCN(C(=O)CC(C)(C)O)CC2)nc2c(N3CCOCC3)nc(-c3cnc(N)nc3)nc21.CC(C)Cn1c(N2CCNCC2)nc2c(N3CCOCC3)nc(-c3cnc(N)nc3)nc21. The lowest BCUT2D eigenvalue weighted by Crippen LogP contribution is -2.50. The number of nitrogens with zero attached hydrogens (tertiary/aromatic N) is 17. The van der Waals surface area contributed by atoms with Crippen LogP contribution in [0.4, 0.5) is 35.4 Å². The Bertz CT molecular complexity index is 2750. The van der Waals surface area contributed by atoms with Crippen molar-refractivity contribution in [1.29, 1.82) is 0 Å². The van der Waals surface area contributed by atoms with Gasteiger partial charge in [0.15, 0.2) is 45.6 Å².